The normalized spacial score (nSPS) is 20.9. The van der Waals surface area contributed by atoms with Crippen LogP contribution in [0.5, 0.6) is 0 Å². The van der Waals surface area contributed by atoms with E-state index in [4.69, 9.17) is 10.5 Å². The topological polar surface area (TPSA) is 66.0 Å². The second-order valence-electron chi connectivity index (χ2n) is 4.26. The van der Waals surface area contributed by atoms with E-state index in [0.717, 1.165) is 32.6 Å². The van der Waals surface area contributed by atoms with Crippen LogP contribution >= 0.6 is 0 Å². The van der Waals surface area contributed by atoms with Gasteiger partial charge in [-0.2, -0.15) is 0 Å². The smallest absolute Gasteiger partial charge is 0.165 e. The number of hydrogen-bond donors (Lipinski definition) is 1. The van der Waals surface area contributed by atoms with Gasteiger partial charge in [-0.05, 0) is 18.3 Å². The zero-order valence-electron chi connectivity index (χ0n) is 8.44. The second-order valence-corrected chi connectivity index (χ2v) is 4.26. The molecule has 1 aliphatic heterocycles. The van der Waals surface area contributed by atoms with E-state index >= 15 is 0 Å². The molecule has 0 bridgehead atoms. The van der Waals surface area contributed by atoms with Crippen molar-refractivity contribution in [3.63, 3.8) is 0 Å². The second kappa shape index (κ2) is 3.57. The Morgan fingerprint density at radius 3 is 2.86 bits per heavy atom. The number of nitrogens with two attached hydrogens (primary N) is 1. The summed E-state index contributed by atoms with van der Waals surface area (Å²) >= 11 is 0. The molecule has 1 aromatic rings. The fourth-order valence-corrected chi connectivity index (χ4v) is 1.80. The third kappa shape index (κ3) is 2.04. The number of hydrogen-bond acceptors (Lipinski definition) is 4. The molecule has 0 radical (unpaired) electrons. The number of ether oxygens (including phenoxy) is 1. The van der Waals surface area contributed by atoms with E-state index in [-0.39, 0.29) is 5.41 Å². The molecule has 0 unspecified atom stereocenters. The number of aromatic nitrogens is 3. The standard InChI is InChI=1S/C9H16N4O/c1-9(2-4-14-5-3-9)7-13-6-8(10)11-12-13/h6H,2-5,7,10H2,1H3. The van der Waals surface area contributed by atoms with Gasteiger partial charge in [0, 0.05) is 19.8 Å². The molecule has 78 valence electrons. The molecule has 2 N–H and O–H groups in total. The summed E-state index contributed by atoms with van der Waals surface area (Å²) in [5.41, 5.74) is 5.78. The predicted molar refractivity (Wildman–Crippen MR) is 52.6 cm³/mol. The third-order valence-electron chi connectivity index (χ3n) is 2.80. The first-order valence-electron chi connectivity index (χ1n) is 4.91. The van der Waals surface area contributed by atoms with Crippen LogP contribution < -0.4 is 5.73 Å². The minimum atomic E-state index is 0.276. The van der Waals surface area contributed by atoms with Gasteiger partial charge in [0.25, 0.3) is 0 Å². The first kappa shape index (κ1) is 9.45. The first-order chi connectivity index (χ1) is 6.68. The van der Waals surface area contributed by atoms with Crippen molar-refractivity contribution in [1.82, 2.24) is 15.0 Å². The van der Waals surface area contributed by atoms with Crippen molar-refractivity contribution in [1.29, 1.82) is 0 Å². The molecular weight excluding hydrogens is 180 g/mol. The number of nitrogen functional groups attached to an aromatic ring is 1. The van der Waals surface area contributed by atoms with Crippen molar-refractivity contribution < 1.29 is 4.74 Å². The van der Waals surface area contributed by atoms with E-state index < -0.39 is 0 Å². The fraction of sp³-hybridized carbons (Fsp3) is 0.778. The Kier molecular flexibility index (Phi) is 2.41. The molecule has 14 heavy (non-hydrogen) atoms. The highest BCUT2D eigenvalue weighted by Gasteiger charge is 2.28. The van der Waals surface area contributed by atoms with Crippen LogP contribution in [0.3, 0.4) is 0 Å². The van der Waals surface area contributed by atoms with Crippen molar-refractivity contribution in [2.24, 2.45) is 5.41 Å². The maximum Gasteiger partial charge on any atom is 0.165 e. The number of anilines is 1. The van der Waals surface area contributed by atoms with Crippen molar-refractivity contribution in [3.8, 4) is 0 Å². The molecule has 1 aromatic heterocycles. The van der Waals surface area contributed by atoms with Crippen molar-refractivity contribution in [3.05, 3.63) is 6.20 Å². The minimum Gasteiger partial charge on any atom is -0.381 e. The van der Waals surface area contributed by atoms with Gasteiger partial charge in [0.1, 0.15) is 0 Å². The van der Waals surface area contributed by atoms with Crippen LogP contribution in [-0.2, 0) is 11.3 Å². The summed E-state index contributed by atoms with van der Waals surface area (Å²) < 4.78 is 7.16. The molecule has 0 amide bonds. The van der Waals surface area contributed by atoms with E-state index in [1.54, 1.807) is 6.20 Å². The van der Waals surface area contributed by atoms with E-state index in [1.165, 1.54) is 0 Å². The third-order valence-corrected chi connectivity index (χ3v) is 2.80. The molecule has 0 spiro atoms. The Hall–Kier alpha value is -1.10. The van der Waals surface area contributed by atoms with E-state index in [0.29, 0.717) is 5.82 Å². The summed E-state index contributed by atoms with van der Waals surface area (Å²) in [7, 11) is 0. The lowest BCUT2D eigenvalue weighted by atomic mass is 9.82. The highest BCUT2D eigenvalue weighted by Crippen LogP contribution is 2.31. The summed E-state index contributed by atoms with van der Waals surface area (Å²) in [4.78, 5) is 0. The molecule has 0 aliphatic carbocycles. The van der Waals surface area contributed by atoms with Gasteiger partial charge in [0.05, 0.1) is 6.20 Å². The van der Waals surface area contributed by atoms with Gasteiger partial charge in [0.2, 0.25) is 0 Å². The molecule has 5 heteroatoms. The highest BCUT2D eigenvalue weighted by molar-refractivity contribution is 5.19. The molecule has 0 saturated carbocycles. The summed E-state index contributed by atoms with van der Waals surface area (Å²) in [6, 6.07) is 0. The van der Waals surface area contributed by atoms with E-state index in [1.807, 2.05) is 4.68 Å². The van der Waals surface area contributed by atoms with Gasteiger partial charge in [-0.1, -0.05) is 12.1 Å². The maximum absolute atomic E-state index is 5.51. The lowest BCUT2D eigenvalue weighted by molar-refractivity contribution is 0.0136. The lowest BCUT2D eigenvalue weighted by Crippen LogP contribution is -2.31. The Labute approximate surface area is 83.2 Å². The van der Waals surface area contributed by atoms with Crippen LogP contribution in [0.15, 0.2) is 6.20 Å². The maximum atomic E-state index is 5.51. The predicted octanol–water partition coefficient (Wildman–Crippen LogP) is 0.677. The SMILES string of the molecule is CC1(Cn2cc(N)nn2)CCOCC1. The summed E-state index contributed by atoms with van der Waals surface area (Å²) in [6.45, 7) is 4.83. The zero-order valence-corrected chi connectivity index (χ0v) is 8.44. The van der Waals surface area contributed by atoms with Gasteiger partial charge in [-0.25, -0.2) is 4.68 Å². The molecule has 2 rings (SSSR count). The average Bonchev–Trinajstić information content (AvgIpc) is 2.51. The average molecular weight is 196 g/mol. The fourth-order valence-electron chi connectivity index (χ4n) is 1.80. The largest absolute Gasteiger partial charge is 0.381 e. The molecule has 0 aromatic carbocycles. The molecule has 2 heterocycles. The monoisotopic (exact) mass is 196 g/mol. The molecule has 1 fully saturated rings. The van der Waals surface area contributed by atoms with Crippen LogP contribution in [0.25, 0.3) is 0 Å². The number of rotatable bonds is 2. The highest BCUT2D eigenvalue weighted by atomic mass is 16.5. The van der Waals surface area contributed by atoms with Crippen LogP contribution in [0.1, 0.15) is 19.8 Å². The molecule has 5 nitrogen and oxygen atoms in total. The van der Waals surface area contributed by atoms with E-state index in [9.17, 15) is 0 Å². The molecular formula is C9H16N4O. The van der Waals surface area contributed by atoms with Gasteiger partial charge in [-0.3, -0.25) is 0 Å². The Balaban J connectivity index is 2.01. The van der Waals surface area contributed by atoms with Gasteiger partial charge in [0.15, 0.2) is 5.82 Å². The van der Waals surface area contributed by atoms with Crippen molar-refractivity contribution >= 4 is 5.82 Å². The molecule has 1 aliphatic rings. The molecule has 0 atom stereocenters. The quantitative estimate of drug-likeness (QED) is 0.755. The van der Waals surface area contributed by atoms with Crippen LogP contribution in [0, 0.1) is 5.41 Å². The summed E-state index contributed by atoms with van der Waals surface area (Å²) in [6.07, 6.45) is 3.93. The van der Waals surface area contributed by atoms with Crippen molar-refractivity contribution in [2.45, 2.75) is 26.3 Å². The van der Waals surface area contributed by atoms with Gasteiger partial charge in [-0.15, -0.1) is 5.10 Å². The lowest BCUT2D eigenvalue weighted by Gasteiger charge is -2.32. The van der Waals surface area contributed by atoms with E-state index in [2.05, 4.69) is 17.2 Å². The Morgan fingerprint density at radius 1 is 1.57 bits per heavy atom. The summed E-state index contributed by atoms with van der Waals surface area (Å²) in [5, 5.41) is 7.73. The van der Waals surface area contributed by atoms with Crippen molar-refractivity contribution in [2.75, 3.05) is 18.9 Å². The van der Waals surface area contributed by atoms with Crippen LogP contribution in [-0.4, -0.2) is 28.2 Å². The van der Waals surface area contributed by atoms with Gasteiger partial charge >= 0.3 is 0 Å². The molecule has 1 saturated heterocycles. The Morgan fingerprint density at radius 2 is 2.29 bits per heavy atom. The van der Waals surface area contributed by atoms with Gasteiger partial charge < -0.3 is 10.5 Å². The zero-order chi connectivity index (χ0) is 10.0. The minimum absolute atomic E-state index is 0.276. The first-order valence-corrected chi connectivity index (χ1v) is 4.91. The Bertz CT molecular complexity index is 304. The van der Waals surface area contributed by atoms with Crippen LogP contribution in [0.2, 0.25) is 0 Å². The van der Waals surface area contributed by atoms with Crippen LogP contribution in [0.4, 0.5) is 5.82 Å². The summed E-state index contributed by atoms with van der Waals surface area (Å²) in [5.74, 6) is 0.487. The number of nitrogens with zero attached hydrogens (tertiary/aromatic N) is 3.